The summed E-state index contributed by atoms with van der Waals surface area (Å²) < 4.78 is 5.77. The van der Waals surface area contributed by atoms with Crippen LogP contribution in [0.1, 0.15) is 10.4 Å². The van der Waals surface area contributed by atoms with Gasteiger partial charge in [-0.3, -0.25) is 4.79 Å². The Labute approximate surface area is 164 Å². The maximum absolute atomic E-state index is 12.5. The van der Waals surface area contributed by atoms with E-state index in [1.54, 1.807) is 0 Å². The summed E-state index contributed by atoms with van der Waals surface area (Å²) in [4.78, 5) is 12.5. The van der Waals surface area contributed by atoms with Gasteiger partial charge in [-0.25, -0.2) is 0 Å². The smallest absolute Gasteiger partial charge is 0.255 e. The first-order valence-electron chi connectivity index (χ1n) is 9.08. The Morgan fingerprint density at radius 2 is 1.11 bits per heavy atom. The van der Waals surface area contributed by atoms with Crippen molar-refractivity contribution in [3.8, 4) is 22.6 Å². The third kappa shape index (κ3) is 4.27. The van der Waals surface area contributed by atoms with E-state index >= 15 is 0 Å². The monoisotopic (exact) mass is 365 g/mol. The highest BCUT2D eigenvalue weighted by atomic mass is 16.5. The Morgan fingerprint density at radius 1 is 0.571 bits per heavy atom. The highest BCUT2D eigenvalue weighted by molar-refractivity contribution is 6.04. The van der Waals surface area contributed by atoms with Crippen LogP contribution in [0, 0.1) is 0 Å². The third-order valence-corrected chi connectivity index (χ3v) is 4.35. The first-order chi connectivity index (χ1) is 13.8. The molecule has 0 bridgehead atoms. The molecule has 0 heterocycles. The van der Waals surface area contributed by atoms with Gasteiger partial charge in [-0.1, -0.05) is 60.7 Å². The molecule has 0 unspecified atom stereocenters. The van der Waals surface area contributed by atoms with Gasteiger partial charge in [0.25, 0.3) is 5.91 Å². The van der Waals surface area contributed by atoms with Crippen LogP contribution in [0.15, 0.2) is 109 Å². The van der Waals surface area contributed by atoms with E-state index in [0.29, 0.717) is 5.56 Å². The summed E-state index contributed by atoms with van der Waals surface area (Å²) in [5.74, 6) is 1.35. The van der Waals surface area contributed by atoms with Crippen molar-refractivity contribution in [3.63, 3.8) is 0 Å². The highest BCUT2D eigenvalue weighted by Crippen LogP contribution is 2.23. The zero-order chi connectivity index (χ0) is 19.2. The minimum atomic E-state index is -0.142. The summed E-state index contributed by atoms with van der Waals surface area (Å²) in [6.07, 6.45) is 0. The molecule has 3 nitrogen and oxygen atoms in total. The number of carbonyl (C=O) groups excluding carboxylic acids is 1. The number of rotatable bonds is 5. The van der Waals surface area contributed by atoms with Crippen LogP contribution in [0.3, 0.4) is 0 Å². The Hall–Kier alpha value is -3.85. The summed E-state index contributed by atoms with van der Waals surface area (Å²) in [6, 6.07) is 34.6. The number of anilines is 1. The number of carbonyl (C=O) groups is 1. The average molecular weight is 365 g/mol. The molecule has 0 aliphatic carbocycles. The van der Waals surface area contributed by atoms with E-state index < -0.39 is 0 Å². The second-order valence-electron chi connectivity index (χ2n) is 6.34. The molecule has 0 saturated carbocycles. The van der Waals surface area contributed by atoms with E-state index in [0.717, 1.165) is 28.3 Å². The minimum Gasteiger partial charge on any atom is -0.457 e. The molecule has 4 aromatic rings. The number of para-hydroxylation sites is 1. The third-order valence-electron chi connectivity index (χ3n) is 4.35. The lowest BCUT2D eigenvalue weighted by Crippen LogP contribution is -2.11. The van der Waals surface area contributed by atoms with Crippen molar-refractivity contribution in [1.29, 1.82) is 0 Å². The number of ether oxygens (including phenoxy) is 1. The first-order valence-corrected chi connectivity index (χ1v) is 9.08. The van der Waals surface area contributed by atoms with Gasteiger partial charge in [0.05, 0.1) is 0 Å². The predicted octanol–water partition coefficient (Wildman–Crippen LogP) is 6.40. The zero-order valence-electron chi connectivity index (χ0n) is 15.2. The van der Waals surface area contributed by atoms with Crippen LogP contribution in [0.25, 0.3) is 11.1 Å². The predicted molar refractivity (Wildman–Crippen MR) is 113 cm³/mol. The molecule has 0 saturated heterocycles. The van der Waals surface area contributed by atoms with E-state index in [-0.39, 0.29) is 5.91 Å². The maximum atomic E-state index is 12.5. The zero-order valence-corrected chi connectivity index (χ0v) is 15.2. The van der Waals surface area contributed by atoms with Gasteiger partial charge in [0.2, 0.25) is 0 Å². The fourth-order valence-electron chi connectivity index (χ4n) is 2.88. The van der Waals surface area contributed by atoms with Crippen molar-refractivity contribution in [3.05, 3.63) is 115 Å². The Kier molecular flexibility index (Phi) is 5.16. The van der Waals surface area contributed by atoms with Crippen molar-refractivity contribution in [1.82, 2.24) is 0 Å². The van der Waals surface area contributed by atoms with Gasteiger partial charge in [0, 0.05) is 11.3 Å². The van der Waals surface area contributed by atoms with Gasteiger partial charge in [-0.15, -0.1) is 0 Å². The van der Waals surface area contributed by atoms with Crippen LogP contribution in [0.4, 0.5) is 5.69 Å². The molecule has 0 fully saturated rings. The quantitative estimate of drug-likeness (QED) is 0.444. The fourth-order valence-corrected chi connectivity index (χ4v) is 2.88. The second-order valence-corrected chi connectivity index (χ2v) is 6.34. The Bertz CT molecular complexity index is 1040. The largest absolute Gasteiger partial charge is 0.457 e. The van der Waals surface area contributed by atoms with Crippen LogP contribution < -0.4 is 10.1 Å². The van der Waals surface area contributed by atoms with Crippen molar-refractivity contribution in [2.24, 2.45) is 0 Å². The Balaban J connectivity index is 1.40. The fraction of sp³-hybridized carbons (Fsp3) is 0. The van der Waals surface area contributed by atoms with Crippen LogP contribution in [0.2, 0.25) is 0 Å². The molecular weight excluding hydrogens is 346 g/mol. The van der Waals surface area contributed by atoms with Gasteiger partial charge >= 0.3 is 0 Å². The highest BCUT2D eigenvalue weighted by Gasteiger charge is 2.07. The van der Waals surface area contributed by atoms with E-state index in [2.05, 4.69) is 5.32 Å². The van der Waals surface area contributed by atoms with Crippen LogP contribution in [-0.4, -0.2) is 5.91 Å². The van der Waals surface area contributed by atoms with Crippen LogP contribution >= 0.6 is 0 Å². The van der Waals surface area contributed by atoms with E-state index in [1.165, 1.54) is 0 Å². The molecule has 1 amide bonds. The van der Waals surface area contributed by atoms with Crippen molar-refractivity contribution < 1.29 is 9.53 Å². The van der Waals surface area contributed by atoms with E-state index in [9.17, 15) is 4.79 Å². The molecule has 0 atom stereocenters. The van der Waals surface area contributed by atoms with Crippen LogP contribution in [0.5, 0.6) is 11.5 Å². The molecule has 0 aliphatic heterocycles. The van der Waals surface area contributed by atoms with Crippen LogP contribution in [-0.2, 0) is 0 Å². The van der Waals surface area contributed by atoms with Gasteiger partial charge in [-0.05, 0) is 59.7 Å². The lowest BCUT2D eigenvalue weighted by Gasteiger charge is -2.09. The molecule has 1 N–H and O–H groups in total. The van der Waals surface area contributed by atoms with Crippen molar-refractivity contribution in [2.45, 2.75) is 0 Å². The topological polar surface area (TPSA) is 38.3 Å². The molecule has 136 valence electrons. The molecule has 0 radical (unpaired) electrons. The number of amides is 1. The summed E-state index contributed by atoms with van der Waals surface area (Å²) in [6.45, 7) is 0. The molecule has 0 aliphatic rings. The number of nitrogens with one attached hydrogen (secondary N) is 1. The lowest BCUT2D eigenvalue weighted by molar-refractivity contribution is 0.102. The number of hydrogen-bond donors (Lipinski definition) is 1. The van der Waals surface area contributed by atoms with Gasteiger partial charge in [0.1, 0.15) is 11.5 Å². The van der Waals surface area contributed by atoms with E-state index in [4.69, 9.17) is 4.74 Å². The van der Waals surface area contributed by atoms with Gasteiger partial charge in [-0.2, -0.15) is 0 Å². The standard InChI is InChI=1S/C25H19NO2/c27-25(21-13-11-20(12-14-21)19-7-3-1-4-8-19)26-22-15-17-24(18-16-22)28-23-9-5-2-6-10-23/h1-18H,(H,26,27). The lowest BCUT2D eigenvalue weighted by atomic mass is 10.0. The molecule has 4 aromatic carbocycles. The molecular formula is C25H19NO2. The van der Waals surface area contributed by atoms with Crippen molar-refractivity contribution in [2.75, 3.05) is 5.32 Å². The van der Waals surface area contributed by atoms with E-state index in [1.807, 2.05) is 109 Å². The second kappa shape index (κ2) is 8.23. The molecule has 3 heteroatoms. The minimum absolute atomic E-state index is 0.142. The summed E-state index contributed by atoms with van der Waals surface area (Å²) in [7, 11) is 0. The van der Waals surface area contributed by atoms with Gasteiger partial charge < -0.3 is 10.1 Å². The molecule has 4 rings (SSSR count). The summed E-state index contributed by atoms with van der Waals surface area (Å²) in [5, 5.41) is 2.91. The average Bonchev–Trinajstić information content (AvgIpc) is 2.76. The number of hydrogen-bond acceptors (Lipinski definition) is 2. The summed E-state index contributed by atoms with van der Waals surface area (Å²) in [5.41, 5.74) is 3.55. The van der Waals surface area contributed by atoms with Gasteiger partial charge in [0.15, 0.2) is 0 Å². The van der Waals surface area contributed by atoms with Crippen molar-refractivity contribution >= 4 is 11.6 Å². The normalized spacial score (nSPS) is 10.3. The maximum Gasteiger partial charge on any atom is 0.255 e. The molecule has 0 spiro atoms. The Morgan fingerprint density at radius 3 is 1.75 bits per heavy atom. The first kappa shape index (κ1) is 17.6. The summed E-state index contributed by atoms with van der Waals surface area (Å²) >= 11 is 0. The number of benzene rings is 4. The molecule has 28 heavy (non-hydrogen) atoms. The molecule has 0 aromatic heterocycles. The SMILES string of the molecule is O=C(Nc1ccc(Oc2ccccc2)cc1)c1ccc(-c2ccccc2)cc1.